The second kappa shape index (κ2) is 10.7. The number of nitrogens with zero attached hydrogens (tertiary/aromatic N) is 2. The maximum Gasteiger partial charge on any atom is 0.0639 e. The summed E-state index contributed by atoms with van der Waals surface area (Å²) in [5.41, 5.74) is 9.48. The van der Waals surface area contributed by atoms with Gasteiger partial charge >= 0.3 is 0 Å². The van der Waals surface area contributed by atoms with Crippen LogP contribution in [-0.4, -0.2) is 11.9 Å². The maximum atomic E-state index is 4.76. The molecule has 3 aromatic carbocycles. The lowest BCUT2D eigenvalue weighted by atomic mass is 9.96. The lowest BCUT2D eigenvalue weighted by molar-refractivity contribution is 0.789. The van der Waals surface area contributed by atoms with E-state index >= 15 is 0 Å². The van der Waals surface area contributed by atoms with Gasteiger partial charge in [-0.25, -0.2) is 0 Å². The van der Waals surface area contributed by atoms with E-state index in [9.17, 15) is 0 Å². The van der Waals surface area contributed by atoms with E-state index in [1.165, 1.54) is 40.7 Å². The molecule has 0 aliphatic rings. The molecule has 0 saturated carbocycles. The number of unbranched alkanes of at least 4 members (excludes halogenated alkanes) is 1. The van der Waals surface area contributed by atoms with Gasteiger partial charge in [0.2, 0.25) is 0 Å². The number of hydrogen-bond acceptors (Lipinski definition) is 2. The molecule has 0 atom stereocenters. The van der Waals surface area contributed by atoms with Crippen molar-refractivity contribution >= 4 is 23.3 Å². The van der Waals surface area contributed by atoms with Crippen molar-refractivity contribution in [1.82, 2.24) is 0 Å². The van der Waals surface area contributed by atoms with E-state index < -0.39 is 0 Å². The summed E-state index contributed by atoms with van der Waals surface area (Å²) in [6.45, 7) is 8.70. The van der Waals surface area contributed by atoms with Crippen LogP contribution in [0.2, 0.25) is 0 Å². The molecular formula is C28H32N2. The number of benzene rings is 3. The highest BCUT2D eigenvalue weighted by Crippen LogP contribution is 2.26. The zero-order chi connectivity index (χ0) is 21.3. The van der Waals surface area contributed by atoms with E-state index in [4.69, 9.17) is 9.98 Å². The third-order valence-electron chi connectivity index (χ3n) is 5.45. The molecule has 0 aromatic heterocycles. The molecule has 0 N–H and O–H groups in total. The summed E-state index contributed by atoms with van der Waals surface area (Å²) < 4.78 is 0. The van der Waals surface area contributed by atoms with E-state index in [0.29, 0.717) is 0 Å². The van der Waals surface area contributed by atoms with Crippen molar-refractivity contribution in [3.05, 3.63) is 83.4 Å². The zero-order valence-corrected chi connectivity index (χ0v) is 18.7. The summed E-state index contributed by atoms with van der Waals surface area (Å²) in [4.78, 5) is 9.51. The van der Waals surface area contributed by atoms with E-state index in [2.05, 4.69) is 75.4 Å². The smallest absolute Gasteiger partial charge is 0.0639 e. The van der Waals surface area contributed by atoms with Crippen LogP contribution >= 0.6 is 0 Å². The summed E-state index contributed by atoms with van der Waals surface area (Å²) in [5.74, 6) is 0. The number of aryl methyl sites for hydroxylation is 2. The molecular weight excluding hydrogens is 364 g/mol. The normalized spacial score (nSPS) is 11.9. The molecule has 0 aliphatic carbocycles. The molecule has 0 fully saturated rings. The molecule has 0 saturated heterocycles. The first-order valence-corrected chi connectivity index (χ1v) is 11.0. The van der Waals surface area contributed by atoms with Gasteiger partial charge in [0, 0.05) is 6.21 Å². The predicted octanol–water partition coefficient (Wildman–Crippen LogP) is 8.06. The van der Waals surface area contributed by atoms with Crippen LogP contribution in [0.15, 0.2) is 76.7 Å². The van der Waals surface area contributed by atoms with Crippen LogP contribution in [0.1, 0.15) is 50.3 Å². The van der Waals surface area contributed by atoms with Crippen LogP contribution in [0.25, 0.3) is 11.1 Å². The molecule has 3 rings (SSSR count). The van der Waals surface area contributed by atoms with Crippen molar-refractivity contribution in [2.45, 2.75) is 53.4 Å². The van der Waals surface area contributed by atoms with Gasteiger partial charge in [-0.15, -0.1) is 0 Å². The molecule has 0 aliphatic heterocycles. The topological polar surface area (TPSA) is 24.7 Å². The van der Waals surface area contributed by atoms with Crippen molar-refractivity contribution in [1.29, 1.82) is 0 Å². The maximum absolute atomic E-state index is 4.76. The summed E-state index contributed by atoms with van der Waals surface area (Å²) in [7, 11) is 0. The zero-order valence-electron chi connectivity index (χ0n) is 18.7. The van der Waals surface area contributed by atoms with E-state index in [-0.39, 0.29) is 0 Å². The Kier molecular flexibility index (Phi) is 7.73. The Morgan fingerprint density at radius 1 is 0.833 bits per heavy atom. The fourth-order valence-electron chi connectivity index (χ4n) is 3.68. The second-order valence-corrected chi connectivity index (χ2v) is 7.77. The number of rotatable bonds is 8. The second-order valence-electron chi connectivity index (χ2n) is 7.77. The quantitative estimate of drug-likeness (QED) is 0.344. The Morgan fingerprint density at radius 2 is 1.57 bits per heavy atom. The van der Waals surface area contributed by atoms with Crippen LogP contribution in [-0.2, 0) is 12.8 Å². The van der Waals surface area contributed by atoms with Gasteiger partial charge in [0.05, 0.1) is 17.1 Å². The van der Waals surface area contributed by atoms with E-state index in [0.717, 1.165) is 29.9 Å². The van der Waals surface area contributed by atoms with Gasteiger partial charge in [-0.3, -0.25) is 9.98 Å². The Hall–Kier alpha value is -3.00. The van der Waals surface area contributed by atoms with Gasteiger partial charge in [-0.1, -0.05) is 62.7 Å². The highest BCUT2D eigenvalue weighted by atomic mass is 14.8. The van der Waals surface area contributed by atoms with Crippen molar-refractivity contribution < 1.29 is 0 Å². The average molecular weight is 397 g/mol. The molecule has 3 aromatic rings. The average Bonchev–Trinajstić information content (AvgIpc) is 2.78. The molecule has 154 valence electrons. The minimum Gasteiger partial charge on any atom is -0.255 e. The molecule has 2 heteroatoms. The first-order valence-electron chi connectivity index (χ1n) is 11.0. The number of hydrogen-bond donors (Lipinski definition) is 0. The SMILES string of the molecule is CCCCc1cc(N=CC(C)=Nc2cccc(-c3ccccc3)c2)cc(CC)c1C. The molecule has 0 amide bonds. The van der Waals surface area contributed by atoms with Gasteiger partial charge in [0.15, 0.2) is 0 Å². The van der Waals surface area contributed by atoms with Crippen molar-refractivity contribution in [2.75, 3.05) is 0 Å². The Bertz CT molecular complexity index is 1030. The van der Waals surface area contributed by atoms with E-state index in [1.54, 1.807) is 0 Å². The standard InChI is InChI=1S/C28H32N2/c1-5-7-12-25-18-28(17-23(6-2)22(25)4)29-20-21(3)30-27-16-11-15-26(19-27)24-13-9-8-10-14-24/h8-11,13-20H,5-7,12H2,1-4H3. The first-order chi connectivity index (χ1) is 14.6. The van der Waals surface area contributed by atoms with Crippen molar-refractivity contribution in [2.24, 2.45) is 9.98 Å². The Labute approximate surface area is 181 Å². The summed E-state index contributed by atoms with van der Waals surface area (Å²) in [6, 6.07) is 23.2. The summed E-state index contributed by atoms with van der Waals surface area (Å²) in [6.07, 6.45) is 6.46. The minimum atomic E-state index is 0.897. The fourth-order valence-corrected chi connectivity index (χ4v) is 3.68. The van der Waals surface area contributed by atoms with Crippen molar-refractivity contribution in [3.63, 3.8) is 0 Å². The van der Waals surface area contributed by atoms with Gasteiger partial charge < -0.3 is 0 Å². The molecule has 0 radical (unpaired) electrons. The van der Waals surface area contributed by atoms with Gasteiger partial charge in [0.1, 0.15) is 0 Å². The van der Waals surface area contributed by atoms with Crippen LogP contribution in [0, 0.1) is 6.92 Å². The van der Waals surface area contributed by atoms with Crippen LogP contribution in [0.4, 0.5) is 11.4 Å². The third-order valence-corrected chi connectivity index (χ3v) is 5.45. The monoisotopic (exact) mass is 396 g/mol. The Morgan fingerprint density at radius 3 is 2.30 bits per heavy atom. The van der Waals surface area contributed by atoms with Crippen LogP contribution in [0.5, 0.6) is 0 Å². The summed E-state index contributed by atoms with van der Waals surface area (Å²) >= 11 is 0. The first kappa shape index (κ1) is 21.7. The summed E-state index contributed by atoms with van der Waals surface area (Å²) in [5, 5.41) is 0. The largest absolute Gasteiger partial charge is 0.255 e. The molecule has 0 unspecified atom stereocenters. The van der Waals surface area contributed by atoms with Gasteiger partial charge in [0.25, 0.3) is 0 Å². The molecule has 30 heavy (non-hydrogen) atoms. The fraction of sp³-hybridized carbons (Fsp3) is 0.286. The van der Waals surface area contributed by atoms with Crippen LogP contribution in [0.3, 0.4) is 0 Å². The van der Waals surface area contributed by atoms with Crippen molar-refractivity contribution in [3.8, 4) is 11.1 Å². The highest BCUT2D eigenvalue weighted by molar-refractivity contribution is 6.30. The predicted molar refractivity (Wildman–Crippen MR) is 132 cm³/mol. The van der Waals surface area contributed by atoms with Gasteiger partial charge in [-0.05, 0) is 85.2 Å². The molecule has 0 heterocycles. The lowest BCUT2D eigenvalue weighted by Gasteiger charge is -2.11. The van der Waals surface area contributed by atoms with Gasteiger partial charge in [-0.2, -0.15) is 0 Å². The molecule has 0 bridgehead atoms. The molecule has 0 spiro atoms. The molecule has 2 nitrogen and oxygen atoms in total. The third kappa shape index (κ3) is 5.76. The van der Waals surface area contributed by atoms with E-state index in [1.807, 2.05) is 25.3 Å². The minimum absolute atomic E-state index is 0.897. The Balaban J connectivity index is 1.82. The van der Waals surface area contributed by atoms with Crippen LogP contribution < -0.4 is 0 Å². The number of aliphatic imine (C=N–C) groups is 2. The lowest BCUT2D eigenvalue weighted by Crippen LogP contribution is -1.96. The highest BCUT2D eigenvalue weighted by Gasteiger charge is 2.06.